The van der Waals surface area contributed by atoms with Crippen molar-refractivity contribution < 1.29 is 9.13 Å². The number of nitrogens with one attached hydrogen (secondary N) is 1. The van der Waals surface area contributed by atoms with Gasteiger partial charge in [-0.3, -0.25) is 5.10 Å². The van der Waals surface area contributed by atoms with E-state index in [4.69, 9.17) is 17.0 Å². The fourth-order valence-corrected chi connectivity index (χ4v) is 2.61. The number of nitrogens with zero attached hydrogens (tertiary/aromatic N) is 3. The number of benzene rings is 2. The lowest BCUT2D eigenvalue weighted by Gasteiger charge is -2.07. The van der Waals surface area contributed by atoms with Gasteiger partial charge in [0.15, 0.2) is 5.82 Å². The Kier molecular flexibility index (Phi) is 5.91. The molecule has 1 heterocycles. The first-order chi connectivity index (χ1) is 12.7. The van der Waals surface area contributed by atoms with E-state index in [1.165, 1.54) is 6.07 Å². The highest BCUT2D eigenvalue weighted by molar-refractivity contribution is 7.71. The van der Waals surface area contributed by atoms with E-state index in [0.29, 0.717) is 16.1 Å². The Labute approximate surface area is 156 Å². The second-order valence-corrected chi connectivity index (χ2v) is 6.09. The highest BCUT2D eigenvalue weighted by Crippen LogP contribution is 2.16. The second-order valence-electron chi connectivity index (χ2n) is 5.70. The van der Waals surface area contributed by atoms with Crippen LogP contribution in [0.25, 0.3) is 0 Å². The topological polar surface area (TPSA) is 55.2 Å². The molecule has 5 nitrogen and oxygen atoms in total. The average Bonchev–Trinajstić information content (AvgIpc) is 3.00. The zero-order chi connectivity index (χ0) is 18.4. The van der Waals surface area contributed by atoms with Crippen molar-refractivity contribution in [2.75, 3.05) is 0 Å². The lowest BCUT2D eigenvalue weighted by atomic mass is 10.2. The van der Waals surface area contributed by atoms with Crippen molar-refractivity contribution in [2.45, 2.75) is 26.4 Å². The van der Waals surface area contributed by atoms with Gasteiger partial charge in [-0.15, -0.1) is 0 Å². The zero-order valence-corrected chi connectivity index (χ0v) is 15.2. The molecule has 2 aromatic carbocycles. The number of H-pyrrole nitrogens is 1. The van der Waals surface area contributed by atoms with Gasteiger partial charge < -0.3 is 4.74 Å². The first-order valence-corrected chi connectivity index (χ1v) is 8.75. The molecule has 0 bridgehead atoms. The number of aromatic amines is 1. The van der Waals surface area contributed by atoms with Crippen molar-refractivity contribution in [1.29, 1.82) is 0 Å². The standard InChI is InChI=1S/C19H19FN4OS/c1-2-6-18-22-23-19(26)24(18)21-12-14-7-5-9-16(11-14)25-13-15-8-3-4-10-17(15)20/h3-5,7-12H,2,6,13H2,1H3,(H,23,26)/b21-12+. The summed E-state index contributed by atoms with van der Waals surface area (Å²) in [6, 6.07) is 14.0. The van der Waals surface area contributed by atoms with E-state index in [1.54, 1.807) is 29.1 Å². The van der Waals surface area contributed by atoms with Gasteiger partial charge in [0.25, 0.3) is 0 Å². The Bertz CT molecular complexity index is 964. The molecule has 0 aliphatic carbocycles. The molecule has 0 aliphatic heterocycles. The van der Waals surface area contributed by atoms with E-state index in [1.807, 2.05) is 24.3 Å². The summed E-state index contributed by atoms with van der Waals surface area (Å²) < 4.78 is 21.4. The highest BCUT2D eigenvalue weighted by Gasteiger charge is 2.04. The molecule has 1 aromatic heterocycles. The maximum absolute atomic E-state index is 13.7. The molecule has 26 heavy (non-hydrogen) atoms. The minimum Gasteiger partial charge on any atom is -0.489 e. The number of ether oxygens (including phenoxy) is 1. The quantitative estimate of drug-likeness (QED) is 0.492. The van der Waals surface area contributed by atoms with E-state index in [9.17, 15) is 4.39 Å². The highest BCUT2D eigenvalue weighted by atomic mass is 32.1. The van der Waals surface area contributed by atoms with Crippen molar-refractivity contribution in [3.05, 3.63) is 76.1 Å². The molecule has 0 unspecified atom stereocenters. The number of halogens is 1. The molecule has 0 aliphatic rings. The van der Waals surface area contributed by atoms with Crippen molar-refractivity contribution in [2.24, 2.45) is 5.10 Å². The van der Waals surface area contributed by atoms with E-state index >= 15 is 0 Å². The predicted octanol–water partition coefficient (Wildman–Crippen LogP) is 4.49. The Balaban J connectivity index is 1.72. The van der Waals surface area contributed by atoms with Gasteiger partial charge in [0.2, 0.25) is 4.77 Å². The van der Waals surface area contributed by atoms with Crippen LogP contribution in [0, 0.1) is 10.6 Å². The summed E-state index contributed by atoms with van der Waals surface area (Å²) >= 11 is 5.21. The normalized spacial score (nSPS) is 11.2. The van der Waals surface area contributed by atoms with E-state index in [-0.39, 0.29) is 12.4 Å². The van der Waals surface area contributed by atoms with E-state index < -0.39 is 0 Å². The fraction of sp³-hybridized carbons (Fsp3) is 0.211. The van der Waals surface area contributed by atoms with Crippen LogP contribution in [0.4, 0.5) is 4.39 Å². The van der Waals surface area contributed by atoms with Crippen molar-refractivity contribution in [3.8, 4) is 5.75 Å². The summed E-state index contributed by atoms with van der Waals surface area (Å²) in [4.78, 5) is 0. The molecule has 134 valence electrons. The molecular weight excluding hydrogens is 351 g/mol. The third kappa shape index (κ3) is 4.43. The lowest BCUT2D eigenvalue weighted by molar-refractivity contribution is 0.300. The molecule has 0 radical (unpaired) electrons. The molecule has 0 saturated carbocycles. The molecule has 0 spiro atoms. The average molecular weight is 370 g/mol. The molecule has 7 heteroatoms. The van der Waals surface area contributed by atoms with Crippen molar-refractivity contribution >= 4 is 18.4 Å². The van der Waals surface area contributed by atoms with Crippen LogP contribution in [0.1, 0.15) is 30.3 Å². The van der Waals surface area contributed by atoms with Crippen LogP contribution >= 0.6 is 12.2 Å². The smallest absolute Gasteiger partial charge is 0.216 e. The maximum Gasteiger partial charge on any atom is 0.216 e. The van der Waals surface area contributed by atoms with Crippen LogP contribution in [0.3, 0.4) is 0 Å². The summed E-state index contributed by atoms with van der Waals surface area (Å²) in [6.07, 6.45) is 3.44. The number of hydrogen-bond donors (Lipinski definition) is 1. The van der Waals surface area contributed by atoms with Gasteiger partial charge in [0.05, 0.1) is 6.21 Å². The summed E-state index contributed by atoms with van der Waals surface area (Å²) in [7, 11) is 0. The minimum absolute atomic E-state index is 0.167. The number of aromatic nitrogens is 3. The van der Waals surface area contributed by atoms with Gasteiger partial charge in [0, 0.05) is 12.0 Å². The van der Waals surface area contributed by atoms with Crippen molar-refractivity contribution in [3.63, 3.8) is 0 Å². The summed E-state index contributed by atoms with van der Waals surface area (Å²) in [6.45, 7) is 2.24. The molecule has 1 N–H and O–H groups in total. The molecule has 0 saturated heterocycles. The van der Waals surface area contributed by atoms with E-state index in [0.717, 1.165) is 24.2 Å². The van der Waals surface area contributed by atoms with Gasteiger partial charge in [-0.25, -0.2) is 4.39 Å². The molecular formula is C19H19FN4OS. The molecule has 3 rings (SSSR count). The number of hydrogen-bond acceptors (Lipinski definition) is 4. The molecule has 0 fully saturated rings. The monoisotopic (exact) mass is 370 g/mol. The first kappa shape index (κ1) is 18.0. The SMILES string of the molecule is CCCc1n[nH]c(=S)n1/N=C/c1cccc(OCc2ccccc2F)c1. The summed E-state index contributed by atoms with van der Waals surface area (Å²) in [5.41, 5.74) is 1.36. The van der Waals surface area contributed by atoms with Crippen LogP contribution < -0.4 is 4.74 Å². The predicted molar refractivity (Wildman–Crippen MR) is 102 cm³/mol. The van der Waals surface area contributed by atoms with Crippen LogP contribution in [0.2, 0.25) is 0 Å². The Morgan fingerprint density at radius 2 is 2.12 bits per heavy atom. The van der Waals surface area contributed by atoms with Gasteiger partial charge in [-0.2, -0.15) is 14.9 Å². The van der Waals surface area contributed by atoms with Gasteiger partial charge >= 0.3 is 0 Å². The third-order valence-electron chi connectivity index (χ3n) is 3.72. The number of rotatable bonds is 7. The molecule has 3 aromatic rings. The second kappa shape index (κ2) is 8.53. The van der Waals surface area contributed by atoms with Crippen LogP contribution in [-0.4, -0.2) is 21.1 Å². The van der Waals surface area contributed by atoms with Crippen LogP contribution in [-0.2, 0) is 13.0 Å². The maximum atomic E-state index is 13.7. The zero-order valence-electron chi connectivity index (χ0n) is 14.4. The summed E-state index contributed by atoms with van der Waals surface area (Å²) in [5.74, 6) is 1.16. The van der Waals surface area contributed by atoms with Gasteiger partial charge in [-0.05, 0) is 42.4 Å². The summed E-state index contributed by atoms with van der Waals surface area (Å²) in [5, 5.41) is 11.3. The lowest BCUT2D eigenvalue weighted by Crippen LogP contribution is -2.00. The fourth-order valence-electron chi connectivity index (χ4n) is 2.41. The minimum atomic E-state index is -0.275. The van der Waals surface area contributed by atoms with Crippen LogP contribution in [0.5, 0.6) is 5.75 Å². The Morgan fingerprint density at radius 3 is 2.92 bits per heavy atom. The molecule has 0 atom stereocenters. The largest absolute Gasteiger partial charge is 0.489 e. The Hall–Kier alpha value is -2.80. The van der Waals surface area contributed by atoms with Crippen molar-refractivity contribution in [1.82, 2.24) is 14.9 Å². The number of aryl methyl sites for hydroxylation is 1. The Morgan fingerprint density at radius 1 is 1.27 bits per heavy atom. The van der Waals surface area contributed by atoms with E-state index in [2.05, 4.69) is 22.2 Å². The van der Waals surface area contributed by atoms with Crippen LogP contribution in [0.15, 0.2) is 53.6 Å². The molecule has 0 amide bonds. The van der Waals surface area contributed by atoms with Gasteiger partial charge in [-0.1, -0.05) is 37.3 Å². The third-order valence-corrected chi connectivity index (χ3v) is 3.99. The first-order valence-electron chi connectivity index (χ1n) is 8.34. The van der Waals surface area contributed by atoms with Gasteiger partial charge in [0.1, 0.15) is 18.2 Å².